The summed E-state index contributed by atoms with van der Waals surface area (Å²) in [6, 6.07) is 10.2. The van der Waals surface area contributed by atoms with E-state index in [2.05, 4.69) is 4.98 Å². The number of ether oxygens (including phenoxy) is 3. The van der Waals surface area contributed by atoms with Gasteiger partial charge in [-0.1, -0.05) is 0 Å². The molecule has 3 aromatic rings. The smallest absolute Gasteiger partial charge is 0.422 e. The van der Waals surface area contributed by atoms with Gasteiger partial charge >= 0.3 is 6.18 Å². The molecular formula is C30H30F4N2O6. The zero-order valence-electron chi connectivity index (χ0n) is 23.4. The van der Waals surface area contributed by atoms with Gasteiger partial charge in [0.05, 0.1) is 19.9 Å². The van der Waals surface area contributed by atoms with Gasteiger partial charge in [-0.25, -0.2) is 9.37 Å². The van der Waals surface area contributed by atoms with Crippen LogP contribution in [0.25, 0.3) is 11.3 Å². The number of nitrogens with zero attached hydrogens (tertiary/aromatic N) is 2. The van der Waals surface area contributed by atoms with Gasteiger partial charge in [0.15, 0.2) is 23.4 Å². The van der Waals surface area contributed by atoms with E-state index in [1.165, 1.54) is 62.4 Å². The second kappa shape index (κ2) is 12.0. The van der Waals surface area contributed by atoms with Crippen LogP contribution >= 0.6 is 0 Å². The lowest BCUT2D eigenvalue weighted by molar-refractivity contribution is -0.270. The van der Waals surface area contributed by atoms with Crippen LogP contribution in [0, 0.1) is 12.7 Å². The predicted octanol–water partition coefficient (Wildman–Crippen LogP) is 5.24. The van der Waals surface area contributed by atoms with Crippen LogP contribution in [0.4, 0.5) is 17.6 Å². The van der Waals surface area contributed by atoms with Gasteiger partial charge in [-0.15, -0.1) is 0 Å². The Labute approximate surface area is 239 Å². The predicted molar refractivity (Wildman–Crippen MR) is 144 cm³/mol. The van der Waals surface area contributed by atoms with Gasteiger partial charge in [0.1, 0.15) is 17.3 Å². The quantitative estimate of drug-likeness (QED) is 0.255. The van der Waals surface area contributed by atoms with Crippen LogP contribution in [0.15, 0.2) is 48.5 Å². The largest absolute Gasteiger partial charge is 0.494 e. The van der Waals surface area contributed by atoms with Gasteiger partial charge in [0.2, 0.25) is 5.60 Å². The minimum Gasteiger partial charge on any atom is -0.494 e. The summed E-state index contributed by atoms with van der Waals surface area (Å²) in [7, 11) is 4.29. The van der Waals surface area contributed by atoms with Crippen molar-refractivity contribution in [3.05, 3.63) is 71.2 Å². The molecule has 2 atom stereocenters. The highest BCUT2D eigenvalue weighted by Gasteiger charge is 2.56. The summed E-state index contributed by atoms with van der Waals surface area (Å²) in [5.41, 5.74) is -3.70. The maximum atomic E-state index is 14.4. The molecule has 0 saturated carbocycles. The van der Waals surface area contributed by atoms with E-state index >= 15 is 0 Å². The third kappa shape index (κ3) is 6.03. The Morgan fingerprint density at radius 3 is 2.33 bits per heavy atom. The minimum atomic E-state index is -5.19. The van der Waals surface area contributed by atoms with E-state index in [1.807, 2.05) is 0 Å². The van der Waals surface area contributed by atoms with Crippen LogP contribution in [-0.4, -0.2) is 66.8 Å². The second-order valence-electron chi connectivity index (χ2n) is 10.0. The number of hydrogen-bond donors (Lipinski definition) is 1. The molecular weight excluding hydrogens is 560 g/mol. The van der Waals surface area contributed by atoms with Crippen molar-refractivity contribution in [3.63, 3.8) is 0 Å². The van der Waals surface area contributed by atoms with Crippen molar-refractivity contribution < 1.29 is 46.5 Å². The lowest BCUT2D eigenvalue weighted by Gasteiger charge is -2.30. The summed E-state index contributed by atoms with van der Waals surface area (Å²) in [6.45, 7) is 2.02. The lowest BCUT2D eigenvalue weighted by Crippen LogP contribution is -2.43. The molecule has 1 N–H and O–H groups in total. The summed E-state index contributed by atoms with van der Waals surface area (Å²) in [5.74, 6) is -0.942. The standard InChI is InChI=1S/C30H30F4N2O6/c1-17-15-19(5-7-20(17)31)27-23(40-3)9-10-26(35-27)29(39,30(32,33)34)13-11-21(37)18-6-8-22(25(16-18)41-4)42-24-12-14-36(2)28(24)38/h5-10,15-16,24,39H,11-14H2,1-4H3. The number of methoxy groups -OCH3 is 2. The van der Waals surface area contributed by atoms with Gasteiger partial charge in [0, 0.05) is 37.6 Å². The van der Waals surface area contributed by atoms with Gasteiger partial charge in [-0.3, -0.25) is 9.59 Å². The van der Waals surface area contributed by atoms with Crippen LogP contribution < -0.4 is 14.2 Å². The molecule has 1 fully saturated rings. The van der Waals surface area contributed by atoms with E-state index in [9.17, 15) is 32.3 Å². The van der Waals surface area contributed by atoms with Gasteiger partial charge < -0.3 is 24.2 Å². The maximum Gasteiger partial charge on any atom is 0.422 e. The van der Waals surface area contributed by atoms with Crippen LogP contribution in [0.2, 0.25) is 0 Å². The summed E-state index contributed by atoms with van der Waals surface area (Å²) >= 11 is 0. The number of aromatic nitrogens is 1. The first-order valence-electron chi connectivity index (χ1n) is 13.0. The fourth-order valence-electron chi connectivity index (χ4n) is 4.69. The Morgan fingerprint density at radius 1 is 1.05 bits per heavy atom. The molecule has 1 saturated heterocycles. The first-order chi connectivity index (χ1) is 19.8. The van der Waals surface area contributed by atoms with E-state index in [-0.39, 0.29) is 45.5 Å². The molecule has 224 valence electrons. The van der Waals surface area contributed by atoms with Crippen molar-refractivity contribution in [3.8, 4) is 28.5 Å². The number of likely N-dealkylation sites (N-methyl/N-ethyl adjacent to an activating group) is 1. The lowest BCUT2D eigenvalue weighted by atomic mass is 9.89. The summed E-state index contributed by atoms with van der Waals surface area (Å²) < 4.78 is 73.2. The number of pyridine rings is 1. The Balaban J connectivity index is 1.59. The normalized spacial score (nSPS) is 16.7. The van der Waals surface area contributed by atoms with Crippen molar-refractivity contribution in [1.82, 2.24) is 9.88 Å². The topological polar surface area (TPSA) is 98.2 Å². The van der Waals surface area contributed by atoms with E-state index in [4.69, 9.17) is 14.2 Å². The zero-order valence-corrected chi connectivity index (χ0v) is 23.4. The molecule has 12 heteroatoms. The van der Waals surface area contributed by atoms with Crippen LogP contribution in [-0.2, 0) is 10.4 Å². The van der Waals surface area contributed by atoms with E-state index in [0.717, 1.165) is 12.1 Å². The fraction of sp³-hybridized carbons (Fsp3) is 0.367. The number of Topliss-reactive ketones (excluding diaryl/α,β-unsaturated/α-hetero) is 1. The third-order valence-electron chi connectivity index (χ3n) is 7.25. The average Bonchev–Trinajstić information content (AvgIpc) is 3.28. The SMILES string of the molecule is COc1cc(C(=O)CCC(O)(c2ccc(OC)c(-c3ccc(F)c(C)c3)n2)C(F)(F)F)ccc1OC1CCN(C)C1=O. The van der Waals surface area contributed by atoms with Crippen LogP contribution in [0.3, 0.4) is 0 Å². The molecule has 0 radical (unpaired) electrons. The summed E-state index contributed by atoms with van der Waals surface area (Å²) in [6.07, 6.45) is -7.16. The van der Waals surface area contributed by atoms with Crippen molar-refractivity contribution >= 4 is 11.7 Å². The second-order valence-corrected chi connectivity index (χ2v) is 10.0. The first kappa shape index (κ1) is 30.8. The third-order valence-corrected chi connectivity index (χ3v) is 7.25. The van der Waals surface area contributed by atoms with E-state index in [1.54, 1.807) is 7.05 Å². The Bertz CT molecular complexity index is 1500. The highest BCUT2D eigenvalue weighted by atomic mass is 19.4. The van der Waals surface area contributed by atoms with E-state index in [0.29, 0.717) is 13.0 Å². The number of ketones is 1. The molecule has 0 bridgehead atoms. The first-order valence-corrected chi connectivity index (χ1v) is 13.0. The molecule has 2 aromatic carbocycles. The van der Waals surface area contributed by atoms with Gasteiger partial charge in [0.25, 0.3) is 5.91 Å². The van der Waals surface area contributed by atoms with E-state index < -0.39 is 48.0 Å². The number of halogens is 4. The molecule has 4 rings (SSSR count). The van der Waals surface area contributed by atoms with Gasteiger partial charge in [-0.2, -0.15) is 13.2 Å². The number of benzene rings is 2. The molecule has 1 aromatic heterocycles. The number of hydrogen-bond acceptors (Lipinski definition) is 7. The number of aryl methyl sites for hydroxylation is 1. The van der Waals surface area contributed by atoms with Crippen molar-refractivity contribution in [2.45, 2.75) is 44.1 Å². The molecule has 0 aliphatic carbocycles. The van der Waals surface area contributed by atoms with Crippen molar-refractivity contribution in [2.24, 2.45) is 0 Å². The number of likely N-dealkylation sites (tertiary alicyclic amines) is 1. The fourth-order valence-corrected chi connectivity index (χ4v) is 4.69. The zero-order chi connectivity index (χ0) is 30.8. The summed E-state index contributed by atoms with van der Waals surface area (Å²) in [5, 5.41) is 11.0. The molecule has 2 heterocycles. The van der Waals surface area contributed by atoms with Gasteiger partial charge in [-0.05, 0) is 67.4 Å². The maximum absolute atomic E-state index is 14.4. The monoisotopic (exact) mass is 590 g/mol. The molecule has 0 spiro atoms. The Morgan fingerprint density at radius 2 is 1.74 bits per heavy atom. The number of aliphatic hydroxyl groups is 1. The molecule has 1 aliphatic heterocycles. The average molecular weight is 591 g/mol. The number of rotatable bonds is 10. The summed E-state index contributed by atoms with van der Waals surface area (Å²) in [4.78, 5) is 30.8. The minimum absolute atomic E-state index is 0.0284. The molecule has 2 unspecified atom stereocenters. The highest BCUT2D eigenvalue weighted by molar-refractivity contribution is 5.96. The molecule has 1 amide bonds. The molecule has 8 nitrogen and oxygen atoms in total. The number of carbonyl (C=O) groups is 2. The highest BCUT2D eigenvalue weighted by Crippen LogP contribution is 2.44. The molecule has 1 aliphatic rings. The van der Waals surface area contributed by atoms with Crippen molar-refractivity contribution in [1.29, 1.82) is 0 Å². The Hall–Kier alpha value is -4.19. The molecule has 42 heavy (non-hydrogen) atoms. The number of carbonyl (C=O) groups excluding carboxylic acids is 2. The Kier molecular flexibility index (Phi) is 8.76. The number of amides is 1. The van der Waals surface area contributed by atoms with Crippen molar-refractivity contribution in [2.75, 3.05) is 27.8 Å². The van der Waals surface area contributed by atoms with Crippen LogP contribution in [0.5, 0.6) is 17.2 Å². The number of alkyl halides is 3. The van der Waals surface area contributed by atoms with Crippen LogP contribution in [0.1, 0.15) is 40.9 Å².